The highest BCUT2D eigenvalue weighted by Crippen LogP contribution is 2.19. The lowest BCUT2D eigenvalue weighted by Gasteiger charge is -2.15. The topological polar surface area (TPSA) is 72.8 Å². The molecule has 0 saturated carbocycles. The summed E-state index contributed by atoms with van der Waals surface area (Å²) in [6.45, 7) is 4.08. The van der Waals surface area contributed by atoms with Gasteiger partial charge in [0.05, 0.1) is 6.61 Å². The molecule has 0 amide bonds. The van der Waals surface area contributed by atoms with Gasteiger partial charge in [0.2, 0.25) is 0 Å². The van der Waals surface area contributed by atoms with Gasteiger partial charge < -0.3 is 14.6 Å². The van der Waals surface area contributed by atoms with Crippen LogP contribution in [0.5, 0.6) is 0 Å². The monoisotopic (exact) mass is 1120 g/mol. The van der Waals surface area contributed by atoms with E-state index in [9.17, 15) is 14.7 Å². The van der Waals surface area contributed by atoms with E-state index in [1.807, 2.05) is 0 Å². The predicted molar refractivity (Wildman–Crippen MR) is 353 cm³/mol. The van der Waals surface area contributed by atoms with Crippen molar-refractivity contribution in [3.05, 3.63) is 72.9 Å². The van der Waals surface area contributed by atoms with Crippen molar-refractivity contribution in [2.24, 2.45) is 0 Å². The van der Waals surface area contributed by atoms with E-state index in [1.165, 1.54) is 270 Å². The van der Waals surface area contributed by atoms with Crippen molar-refractivity contribution < 1.29 is 24.2 Å². The molecule has 0 fully saturated rings. The van der Waals surface area contributed by atoms with Crippen molar-refractivity contribution in [3.8, 4) is 0 Å². The molecule has 0 rings (SSSR count). The summed E-state index contributed by atoms with van der Waals surface area (Å²) < 4.78 is 10.8. The largest absolute Gasteiger partial charge is 0.462 e. The van der Waals surface area contributed by atoms with Gasteiger partial charge in [0.25, 0.3) is 0 Å². The van der Waals surface area contributed by atoms with Gasteiger partial charge in [-0.3, -0.25) is 9.59 Å². The van der Waals surface area contributed by atoms with E-state index < -0.39 is 6.10 Å². The highest BCUT2D eigenvalue weighted by atomic mass is 16.6. The Morgan fingerprint density at radius 1 is 0.300 bits per heavy atom. The molecule has 0 heterocycles. The number of unbranched alkanes of at least 4 members (excludes halogenated alkanes) is 46. The van der Waals surface area contributed by atoms with Gasteiger partial charge in [0, 0.05) is 12.8 Å². The Morgan fingerprint density at radius 2 is 0.537 bits per heavy atom. The second kappa shape index (κ2) is 70.6. The standard InChI is InChI=1S/C75H136O5/c1-3-5-7-9-11-13-15-17-19-21-23-25-27-29-31-33-35-36-37-38-40-41-43-45-47-49-51-53-55-57-59-61-63-65-67-69-74(77)79-72-73(71-76)80-75(78)70-68-66-64-62-60-58-56-54-52-50-48-46-44-42-39-34-32-30-28-26-24-22-20-18-16-14-12-10-8-6-4-2/h6,8,12,14,18,20,24,26,30,32,39,42,73,76H,3-5,7,9-11,13,15-17,19,21-23,25,27-29,31,33-38,40-41,43-72H2,1-2H3/b8-6-,14-12-,20-18-,26-24-,32-30-,42-39-. The SMILES string of the molecule is CC/C=C\C/C=C\C/C=C\C/C=C\C/C=C\C/C=C\CCCCCCCCCCCCCCC(=O)OC(CO)COC(=O)CCCCCCCCCCCCCCCCCCCCCCCCCCCCCCCCCCCCC. The van der Waals surface area contributed by atoms with E-state index in [0.29, 0.717) is 12.8 Å². The van der Waals surface area contributed by atoms with Gasteiger partial charge in [-0.05, 0) is 64.2 Å². The van der Waals surface area contributed by atoms with Crippen molar-refractivity contribution in [2.75, 3.05) is 13.2 Å². The third-order valence-electron chi connectivity index (χ3n) is 16.0. The van der Waals surface area contributed by atoms with Crippen LogP contribution in [0.15, 0.2) is 72.9 Å². The van der Waals surface area contributed by atoms with E-state index in [4.69, 9.17) is 9.47 Å². The van der Waals surface area contributed by atoms with Crippen LogP contribution in [0.1, 0.15) is 373 Å². The Morgan fingerprint density at radius 3 is 0.812 bits per heavy atom. The fourth-order valence-electron chi connectivity index (χ4n) is 10.7. The zero-order valence-corrected chi connectivity index (χ0v) is 53.6. The van der Waals surface area contributed by atoms with Gasteiger partial charge in [-0.25, -0.2) is 0 Å². The summed E-state index contributed by atoms with van der Waals surface area (Å²) in [4.78, 5) is 24.7. The first-order chi connectivity index (χ1) is 39.6. The highest BCUT2D eigenvalue weighted by Gasteiger charge is 2.16. The molecule has 1 unspecified atom stereocenters. The first-order valence-electron chi connectivity index (χ1n) is 35.5. The number of carbonyl (C=O) groups is 2. The molecule has 80 heavy (non-hydrogen) atoms. The van der Waals surface area contributed by atoms with Gasteiger partial charge in [-0.15, -0.1) is 0 Å². The summed E-state index contributed by atoms with van der Waals surface area (Å²) in [5, 5.41) is 9.70. The number of esters is 2. The molecule has 5 heteroatoms. The maximum atomic E-state index is 12.4. The Kier molecular flexibility index (Phi) is 68.3. The van der Waals surface area contributed by atoms with Crippen LogP contribution < -0.4 is 0 Å². The van der Waals surface area contributed by atoms with E-state index >= 15 is 0 Å². The summed E-state index contributed by atoms with van der Waals surface area (Å²) in [6, 6.07) is 0. The number of ether oxygens (including phenoxy) is 2. The second-order valence-electron chi connectivity index (χ2n) is 23.9. The van der Waals surface area contributed by atoms with Crippen LogP contribution in [-0.2, 0) is 19.1 Å². The quantitative estimate of drug-likeness (QED) is 0.0373. The van der Waals surface area contributed by atoms with Crippen LogP contribution in [0, 0.1) is 0 Å². The number of rotatable bonds is 66. The molecular weight excluding hydrogens is 981 g/mol. The van der Waals surface area contributed by atoms with Gasteiger partial charge in [0.1, 0.15) is 6.61 Å². The average molecular weight is 1120 g/mol. The lowest BCUT2D eigenvalue weighted by molar-refractivity contribution is -0.161. The zero-order valence-electron chi connectivity index (χ0n) is 53.6. The van der Waals surface area contributed by atoms with Gasteiger partial charge in [-0.1, -0.05) is 369 Å². The molecule has 0 aliphatic rings. The Labute approximate surface area is 499 Å². The molecule has 0 aliphatic carbocycles. The van der Waals surface area contributed by atoms with E-state index in [2.05, 4.69) is 86.8 Å². The minimum absolute atomic E-state index is 0.0644. The van der Waals surface area contributed by atoms with Crippen LogP contribution in [0.2, 0.25) is 0 Å². The second-order valence-corrected chi connectivity index (χ2v) is 23.9. The maximum Gasteiger partial charge on any atom is 0.306 e. The molecule has 0 aromatic rings. The lowest BCUT2D eigenvalue weighted by Crippen LogP contribution is -2.28. The Bertz CT molecular complexity index is 1400. The fourth-order valence-corrected chi connectivity index (χ4v) is 10.7. The van der Waals surface area contributed by atoms with Crippen molar-refractivity contribution >= 4 is 11.9 Å². The van der Waals surface area contributed by atoms with Crippen molar-refractivity contribution in [1.82, 2.24) is 0 Å². The molecule has 5 nitrogen and oxygen atoms in total. The van der Waals surface area contributed by atoms with E-state index in [0.717, 1.165) is 77.0 Å². The molecule has 0 aliphatic heterocycles. The molecule has 466 valence electrons. The average Bonchev–Trinajstić information content (AvgIpc) is 3.46. The minimum Gasteiger partial charge on any atom is -0.462 e. The zero-order chi connectivity index (χ0) is 57.6. The number of aliphatic hydroxyl groups excluding tert-OH is 1. The highest BCUT2D eigenvalue weighted by molar-refractivity contribution is 5.70. The Hall–Kier alpha value is -2.66. The van der Waals surface area contributed by atoms with Crippen LogP contribution in [0.4, 0.5) is 0 Å². The number of aliphatic hydroxyl groups is 1. The van der Waals surface area contributed by atoms with Gasteiger partial charge in [-0.2, -0.15) is 0 Å². The smallest absolute Gasteiger partial charge is 0.306 e. The molecule has 0 bridgehead atoms. The number of hydrogen-bond acceptors (Lipinski definition) is 5. The number of allylic oxidation sites excluding steroid dienone is 12. The molecule has 1 atom stereocenters. The number of hydrogen-bond donors (Lipinski definition) is 1. The van der Waals surface area contributed by atoms with Crippen molar-refractivity contribution in [3.63, 3.8) is 0 Å². The summed E-state index contributed by atoms with van der Waals surface area (Å²) in [7, 11) is 0. The summed E-state index contributed by atoms with van der Waals surface area (Å²) >= 11 is 0. The fraction of sp³-hybridized carbons (Fsp3) is 0.813. The molecular formula is C75H136O5. The third kappa shape index (κ3) is 67.8. The number of carbonyl (C=O) groups excluding carboxylic acids is 2. The van der Waals surface area contributed by atoms with Crippen LogP contribution >= 0.6 is 0 Å². The maximum absolute atomic E-state index is 12.4. The molecule has 0 saturated heterocycles. The molecule has 0 spiro atoms. The minimum atomic E-state index is -0.776. The molecule has 0 aromatic heterocycles. The van der Waals surface area contributed by atoms with Crippen molar-refractivity contribution in [1.29, 1.82) is 0 Å². The molecule has 0 radical (unpaired) electrons. The normalized spacial score (nSPS) is 12.6. The van der Waals surface area contributed by atoms with Crippen LogP contribution in [0.25, 0.3) is 0 Å². The lowest BCUT2D eigenvalue weighted by atomic mass is 10.0. The van der Waals surface area contributed by atoms with Gasteiger partial charge >= 0.3 is 11.9 Å². The van der Waals surface area contributed by atoms with Gasteiger partial charge in [0.15, 0.2) is 6.10 Å². The van der Waals surface area contributed by atoms with E-state index in [-0.39, 0.29) is 25.2 Å². The van der Waals surface area contributed by atoms with Crippen LogP contribution in [-0.4, -0.2) is 36.4 Å². The molecule has 1 N–H and O–H groups in total. The summed E-state index contributed by atoms with van der Waals surface area (Å²) in [5.41, 5.74) is 0. The summed E-state index contributed by atoms with van der Waals surface area (Å²) in [5.74, 6) is -0.577. The first kappa shape index (κ1) is 77.3. The Balaban J connectivity index is 3.42. The van der Waals surface area contributed by atoms with Crippen LogP contribution in [0.3, 0.4) is 0 Å². The third-order valence-corrected chi connectivity index (χ3v) is 16.0. The van der Waals surface area contributed by atoms with E-state index in [1.54, 1.807) is 0 Å². The predicted octanol–water partition coefficient (Wildman–Crippen LogP) is 24.7. The first-order valence-corrected chi connectivity index (χ1v) is 35.5. The summed E-state index contributed by atoms with van der Waals surface area (Å²) in [6.07, 6.45) is 98.0. The van der Waals surface area contributed by atoms with Crippen molar-refractivity contribution in [2.45, 2.75) is 380 Å². The molecule has 0 aromatic carbocycles.